The van der Waals surface area contributed by atoms with Crippen LogP contribution in [0, 0.1) is 21.4 Å². The second kappa shape index (κ2) is 20.9. The van der Waals surface area contributed by atoms with E-state index in [1.54, 1.807) is 43.0 Å². The minimum atomic E-state index is -4.59. The minimum absolute atomic E-state index is 0.0319. The number of nitrogens with one attached hydrogen (secondary N) is 3. The second-order valence-electron chi connectivity index (χ2n) is 22.2. The summed E-state index contributed by atoms with van der Waals surface area (Å²) < 4.78 is 36.3. The molecule has 2 saturated heterocycles. The normalized spacial score (nSPS) is 21.5. The van der Waals surface area contributed by atoms with Gasteiger partial charge in [0, 0.05) is 99.7 Å². The Morgan fingerprint density at radius 2 is 1.71 bits per heavy atom. The molecule has 4 fully saturated rings. The predicted molar refractivity (Wildman–Crippen MR) is 293 cm³/mol. The van der Waals surface area contributed by atoms with Gasteiger partial charge in [0.1, 0.15) is 22.8 Å². The quantitative estimate of drug-likeness (QED) is 0.0556. The molecule has 0 bridgehead atoms. The number of nitro benzene ring substituents is 1. The van der Waals surface area contributed by atoms with E-state index in [4.69, 9.17) is 9.72 Å². The summed E-state index contributed by atoms with van der Waals surface area (Å²) in [5.74, 6) is 0.140. The van der Waals surface area contributed by atoms with Crippen molar-refractivity contribution in [3.05, 3.63) is 148 Å². The lowest BCUT2D eigenvalue weighted by Crippen LogP contribution is -2.60. The van der Waals surface area contributed by atoms with E-state index in [-0.39, 0.29) is 34.4 Å². The van der Waals surface area contributed by atoms with Crippen LogP contribution < -0.4 is 19.7 Å². The van der Waals surface area contributed by atoms with E-state index >= 15 is 0 Å². The number of sulfonamides is 1. The van der Waals surface area contributed by atoms with Gasteiger partial charge in [-0.1, -0.05) is 50.2 Å². The lowest BCUT2D eigenvalue weighted by molar-refractivity contribution is -0.384. The molecular formula is C58H66N10O7S. The van der Waals surface area contributed by atoms with E-state index < -0.39 is 37.0 Å². The number of aliphatic hydroxyl groups is 1. The highest BCUT2D eigenvalue weighted by Crippen LogP contribution is 2.53. The zero-order valence-electron chi connectivity index (χ0n) is 43.3. The molecule has 4 N–H and O–H groups in total. The molecule has 1 spiro atoms. The van der Waals surface area contributed by atoms with Crippen molar-refractivity contribution in [1.82, 2.24) is 34.5 Å². The van der Waals surface area contributed by atoms with E-state index in [0.29, 0.717) is 42.7 Å². The number of H-pyrrole nitrogens is 1. The Kier molecular flexibility index (Phi) is 14.0. The fourth-order valence-corrected chi connectivity index (χ4v) is 13.3. The first-order valence-electron chi connectivity index (χ1n) is 26.7. The highest BCUT2D eigenvalue weighted by Gasteiger charge is 2.50. The maximum atomic E-state index is 14.1. The molecule has 17 nitrogen and oxygen atoms in total. The van der Waals surface area contributed by atoms with Crippen molar-refractivity contribution in [2.75, 3.05) is 49.5 Å². The number of hydrogen-bond acceptors (Lipinski definition) is 14. The summed E-state index contributed by atoms with van der Waals surface area (Å²) in [6, 6.07) is 28.4. The highest BCUT2D eigenvalue weighted by molar-refractivity contribution is 7.90. The van der Waals surface area contributed by atoms with E-state index in [1.165, 1.54) is 28.8 Å². The van der Waals surface area contributed by atoms with Gasteiger partial charge in [-0.25, -0.2) is 18.1 Å². The summed E-state index contributed by atoms with van der Waals surface area (Å²) in [5.41, 5.74) is 6.62. The van der Waals surface area contributed by atoms with E-state index in [1.807, 2.05) is 25.1 Å². The molecule has 76 heavy (non-hydrogen) atoms. The summed E-state index contributed by atoms with van der Waals surface area (Å²) in [6.45, 7) is 12.1. The standard InChI is InChI=1S/C58H66N10O7S/c1-38(2)46-8-4-5-9-47(46)52-37-65(36-41-7-6-10-50-54(41)60-24-23-59-50)27-28-67(52)43-32-58(33-43)20-25-66(26-21-58)42-11-13-48(53(30-42)75-44-29-40-17-22-61-55(40)63-35-44)56(69)64-76(73,74)45-12-14-49(51(31-45)68(71)72)62-34-39-15-18-57(3,70)19-16-39/h4-14,17,22-24,29-31,35,38-39,43,52,62,70H,15-16,18-21,25-28,32-34,36-37H2,1-3H3,(H,61,63)(H,64,69)/t39-,52?,57-. The van der Waals surface area contributed by atoms with Crippen molar-refractivity contribution in [3.8, 4) is 11.5 Å². The summed E-state index contributed by atoms with van der Waals surface area (Å²) in [4.78, 5) is 49.8. The third-order valence-corrected chi connectivity index (χ3v) is 18.1. The molecule has 0 radical (unpaired) electrons. The van der Waals surface area contributed by atoms with Gasteiger partial charge in [-0.15, -0.1) is 0 Å². The first kappa shape index (κ1) is 51.1. The van der Waals surface area contributed by atoms with Crippen LogP contribution in [0.3, 0.4) is 0 Å². The molecule has 5 heterocycles. The number of amides is 1. The lowest BCUT2D eigenvalue weighted by Gasteiger charge is -2.58. The van der Waals surface area contributed by atoms with Crippen molar-refractivity contribution in [2.24, 2.45) is 11.3 Å². The Balaban J connectivity index is 0.783. The van der Waals surface area contributed by atoms with Crippen LogP contribution in [0.5, 0.6) is 11.5 Å². The van der Waals surface area contributed by atoms with Gasteiger partial charge in [0.25, 0.3) is 21.6 Å². The molecule has 396 valence electrons. The van der Waals surface area contributed by atoms with Gasteiger partial charge in [-0.05, 0) is 135 Å². The smallest absolute Gasteiger partial charge is 0.293 e. The number of aromatic nitrogens is 4. The Bertz CT molecular complexity index is 3390. The predicted octanol–water partition coefficient (Wildman–Crippen LogP) is 10.1. The molecule has 11 rings (SSSR count). The van der Waals surface area contributed by atoms with Crippen LogP contribution in [-0.4, -0.2) is 105 Å². The van der Waals surface area contributed by atoms with Gasteiger partial charge in [0.05, 0.1) is 38.2 Å². The number of piperazine rings is 1. The van der Waals surface area contributed by atoms with Crippen LogP contribution in [0.15, 0.2) is 121 Å². The molecule has 4 aromatic carbocycles. The summed E-state index contributed by atoms with van der Waals surface area (Å²) >= 11 is 0. The molecule has 18 heteroatoms. The second-order valence-corrected chi connectivity index (χ2v) is 23.9. The number of piperidine rings is 1. The van der Waals surface area contributed by atoms with Gasteiger partial charge in [0.2, 0.25) is 0 Å². The molecule has 1 atom stereocenters. The number of benzene rings is 4. The van der Waals surface area contributed by atoms with Gasteiger partial charge >= 0.3 is 0 Å². The number of nitrogens with zero attached hydrogens (tertiary/aromatic N) is 7. The van der Waals surface area contributed by atoms with Crippen molar-refractivity contribution in [2.45, 2.75) is 107 Å². The average Bonchev–Trinajstić information content (AvgIpc) is 3.90. The van der Waals surface area contributed by atoms with Crippen molar-refractivity contribution in [1.29, 1.82) is 0 Å². The summed E-state index contributed by atoms with van der Waals surface area (Å²) in [5, 5.41) is 26.5. The topological polar surface area (TPSA) is 212 Å². The van der Waals surface area contributed by atoms with Crippen LogP contribution in [0.25, 0.3) is 22.1 Å². The number of rotatable bonds is 15. The molecule has 7 aromatic rings. The van der Waals surface area contributed by atoms with Crippen molar-refractivity contribution < 1.29 is 28.0 Å². The maximum absolute atomic E-state index is 14.1. The summed E-state index contributed by atoms with van der Waals surface area (Å²) in [7, 11) is -4.59. The third kappa shape index (κ3) is 10.7. The number of nitro groups is 1. The Morgan fingerprint density at radius 1 is 0.921 bits per heavy atom. The van der Waals surface area contributed by atoms with Gasteiger partial charge in [-0.2, -0.15) is 0 Å². The van der Waals surface area contributed by atoms with Crippen LogP contribution in [0.2, 0.25) is 0 Å². The number of fused-ring (bicyclic) bond motifs is 2. The number of anilines is 2. The number of carbonyl (C=O) groups is 1. The van der Waals surface area contributed by atoms with Gasteiger partial charge < -0.3 is 25.0 Å². The minimum Gasteiger partial charge on any atom is -0.455 e. The monoisotopic (exact) mass is 1050 g/mol. The molecular weight excluding hydrogens is 981 g/mol. The first-order valence-corrected chi connectivity index (χ1v) is 28.1. The highest BCUT2D eigenvalue weighted by atomic mass is 32.2. The number of ether oxygens (including phenoxy) is 1. The van der Waals surface area contributed by atoms with Crippen molar-refractivity contribution >= 4 is 55.1 Å². The van der Waals surface area contributed by atoms with E-state index in [2.05, 4.69) is 89.9 Å². The molecule has 1 amide bonds. The number of hydrogen-bond donors (Lipinski definition) is 4. The average molecular weight is 1050 g/mol. The summed E-state index contributed by atoms with van der Waals surface area (Å²) in [6.07, 6.45) is 13.9. The Labute approximate surface area is 443 Å². The Hall–Kier alpha value is -6.99. The fraction of sp³-hybridized carbons (Fsp3) is 0.414. The molecule has 1 unspecified atom stereocenters. The van der Waals surface area contributed by atoms with Gasteiger partial charge in [0.15, 0.2) is 0 Å². The maximum Gasteiger partial charge on any atom is 0.293 e. The van der Waals surface area contributed by atoms with Crippen LogP contribution in [0.1, 0.15) is 111 Å². The number of para-hydroxylation sites is 1. The third-order valence-electron chi connectivity index (χ3n) is 16.7. The van der Waals surface area contributed by atoms with Gasteiger partial charge in [-0.3, -0.25) is 34.7 Å². The van der Waals surface area contributed by atoms with Crippen LogP contribution >= 0.6 is 0 Å². The number of carbonyl (C=O) groups excluding carboxylic acids is 1. The number of aromatic amines is 1. The fourth-order valence-electron chi connectivity index (χ4n) is 12.3. The first-order chi connectivity index (χ1) is 36.6. The van der Waals surface area contributed by atoms with E-state index in [0.717, 1.165) is 106 Å². The molecule has 4 aliphatic rings. The molecule has 2 aliphatic carbocycles. The largest absolute Gasteiger partial charge is 0.455 e. The Morgan fingerprint density at radius 3 is 2.50 bits per heavy atom. The van der Waals surface area contributed by atoms with Crippen LogP contribution in [0.4, 0.5) is 17.1 Å². The number of pyridine rings is 1. The molecule has 3 aromatic heterocycles. The molecule has 2 aliphatic heterocycles. The van der Waals surface area contributed by atoms with Crippen LogP contribution in [-0.2, 0) is 16.6 Å². The van der Waals surface area contributed by atoms with E-state index in [9.17, 15) is 28.4 Å². The van der Waals surface area contributed by atoms with Crippen molar-refractivity contribution in [3.63, 3.8) is 0 Å². The lowest BCUT2D eigenvalue weighted by atomic mass is 9.59. The SMILES string of the molecule is CC(C)c1ccccc1C1CN(Cc2cccc3nccnc23)CCN1C1CC2(CCN(c3ccc(C(=O)NS(=O)(=O)c4ccc(NC[C@H]5CC[C@](C)(O)CC5)c([N+](=O)[O-])c4)c(Oc4cnc5[nH]ccc5c4)c3)CC2)C1. The molecule has 2 saturated carbocycles. The zero-order chi connectivity index (χ0) is 52.8. The zero-order valence-corrected chi connectivity index (χ0v) is 44.1.